The average Bonchev–Trinajstić information content (AvgIpc) is 2.24. The lowest BCUT2D eigenvalue weighted by Gasteiger charge is -2.46. The van der Waals surface area contributed by atoms with Crippen molar-refractivity contribution in [3.63, 3.8) is 0 Å². The van der Waals surface area contributed by atoms with Gasteiger partial charge in [0.25, 0.3) is 0 Å². The van der Waals surface area contributed by atoms with Crippen LogP contribution in [0.1, 0.15) is 51.8 Å². The van der Waals surface area contributed by atoms with Crippen LogP contribution in [0.4, 0.5) is 0 Å². The molecule has 1 aliphatic heterocycles. The number of nitrogens with one attached hydrogen (secondary N) is 2. The lowest BCUT2D eigenvalue weighted by molar-refractivity contribution is 0.145. The van der Waals surface area contributed by atoms with Gasteiger partial charge in [0.15, 0.2) is 0 Å². The van der Waals surface area contributed by atoms with E-state index in [1.807, 2.05) is 13.1 Å². The van der Waals surface area contributed by atoms with Gasteiger partial charge in [-0.15, -0.1) is 0 Å². The van der Waals surface area contributed by atoms with Crippen molar-refractivity contribution in [2.75, 3.05) is 0 Å². The third kappa shape index (κ3) is 4.29. The third-order valence-corrected chi connectivity index (χ3v) is 3.76. The molecule has 1 aliphatic rings. The molecule has 0 unspecified atom stereocenters. The van der Waals surface area contributed by atoms with Gasteiger partial charge < -0.3 is 10.6 Å². The van der Waals surface area contributed by atoms with Gasteiger partial charge in [-0.05, 0) is 59.1 Å². The van der Waals surface area contributed by atoms with Crippen molar-refractivity contribution in [3.05, 3.63) is 29.6 Å². The standard InChI is InChI=1S/C16H27N3/c1-12-6-7-13(10-17-12)11-18-14-8-15(2,3)19-16(4,5)9-14/h6-7,10,14,18-19H,8-9,11H2,1-5H3. The zero-order valence-corrected chi connectivity index (χ0v) is 12.9. The highest BCUT2D eigenvalue weighted by atomic mass is 15.1. The fraction of sp³-hybridized carbons (Fsp3) is 0.688. The van der Waals surface area contributed by atoms with Crippen molar-refractivity contribution < 1.29 is 0 Å². The summed E-state index contributed by atoms with van der Waals surface area (Å²) in [6, 6.07) is 4.80. The van der Waals surface area contributed by atoms with Gasteiger partial charge in [-0.1, -0.05) is 6.07 Å². The van der Waals surface area contributed by atoms with E-state index >= 15 is 0 Å². The molecule has 2 N–H and O–H groups in total. The molecule has 0 aliphatic carbocycles. The Hall–Kier alpha value is -0.930. The first kappa shape index (κ1) is 14.5. The van der Waals surface area contributed by atoms with Crippen LogP contribution < -0.4 is 10.6 Å². The van der Waals surface area contributed by atoms with Crippen LogP contribution in [0.25, 0.3) is 0 Å². The predicted octanol–water partition coefficient (Wildman–Crippen LogP) is 2.79. The monoisotopic (exact) mass is 261 g/mol. The fourth-order valence-corrected chi connectivity index (χ4v) is 3.33. The molecule has 0 spiro atoms. The van der Waals surface area contributed by atoms with E-state index in [0.29, 0.717) is 6.04 Å². The first-order chi connectivity index (χ1) is 8.76. The summed E-state index contributed by atoms with van der Waals surface area (Å²) >= 11 is 0. The van der Waals surface area contributed by atoms with E-state index in [-0.39, 0.29) is 11.1 Å². The van der Waals surface area contributed by atoms with Crippen LogP contribution in [0.3, 0.4) is 0 Å². The van der Waals surface area contributed by atoms with E-state index in [9.17, 15) is 0 Å². The summed E-state index contributed by atoms with van der Waals surface area (Å²) < 4.78 is 0. The van der Waals surface area contributed by atoms with Crippen molar-refractivity contribution in [1.82, 2.24) is 15.6 Å². The Balaban J connectivity index is 1.93. The van der Waals surface area contributed by atoms with Gasteiger partial charge in [0.1, 0.15) is 0 Å². The number of piperidine rings is 1. The summed E-state index contributed by atoms with van der Waals surface area (Å²) in [6.07, 6.45) is 4.30. The Morgan fingerprint density at radius 1 is 1.21 bits per heavy atom. The van der Waals surface area contributed by atoms with Crippen LogP contribution in [-0.2, 0) is 6.54 Å². The molecule has 3 nitrogen and oxygen atoms in total. The van der Waals surface area contributed by atoms with Gasteiger partial charge >= 0.3 is 0 Å². The number of hydrogen-bond donors (Lipinski definition) is 2. The maximum absolute atomic E-state index is 4.35. The molecule has 2 rings (SSSR count). The quantitative estimate of drug-likeness (QED) is 0.878. The molecule has 106 valence electrons. The van der Waals surface area contributed by atoms with E-state index in [1.54, 1.807) is 0 Å². The van der Waals surface area contributed by atoms with E-state index in [0.717, 1.165) is 25.1 Å². The maximum atomic E-state index is 4.35. The summed E-state index contributed by atoms with van der Waals surface area (Å²) in [7, 11) is 0. The van der Waals surface area contributed by atoms with Gasteiger partial charge in [-0.2, -0.15) is 0 Å². The Labute approximate surface area is 117 Å². The highest BCUT2D eigenvalue weighted by molar-refractivity contribution is 5.13. The summed E-state index contributed by atoms with van der Waals surface area (Å²) in [5.41, 5.74) is 2.74. The summed E-state index contributed by atoms with van der Waals surface area (Å²) in [4.78, 5) is 4.35. The van der Waals surface area contributed by atoms with Gasteiger partial charge in [-0.25, -0.2) is 0 Å². The van der Waals surface area contributed by atoms with Crippen LogP contribution in [0.2, 0.25) is 0 Å². The summed E-state index contributed by atoms with van der Waals surface area (Å²) in [6.45, 7) is 12.1. The molecule has 2 heterocycles. The largest absolute Gasteiger partial charge is 0.310 e. The third-order valence-electron chi connectivity index (χ3n) is 3.76. The minimum absolute atomic E-state index is 0.199. The molecular weight excluding hydrogens is 234 g/mol. The van der Waals surface area contributed by atoms with Crippen LogP contribution in [0.15, 0.2) is 18.3 Å². The second-order valence-corrected chi connectivity index (χ2v) is 7.19. The summed E-state index contributed by atoms with van der Waals surface area (Å²) in [5, 5.41) is 7.40. The Kier molecular flexibility index (Phi) is 3.98. The molecular formula is C16H27N3. The fourth-order valence-electron chi connectivity index (χ4n) is 3.33. The SMILES string of the molecule is Cc1ccc(CNC2CC(C)(C)NC(C)(C)C2)cn1. The zero-order valence-electron chi connectivity index (χ0n) is 12.9. The minimum Gasteiger partial charge on any atom is -0.310 e. The van der Waals surface area contributed by atoms with Crippen LogP contribution in [0, 0.1) is 6.92 Å². The van der Waals surface area contributed by atoms with E-state index in [4.69, 9.17) is 0 Å². The van der Waals surface area contributed by atoms with Gasteiger partial charge in [0.2, 0.25) is 0 Å². The van der Waals surface area contributed by atoms with Crippen molar-refractivity contribution >= 4 is 0 Å². The number of aryl methyl sites for hydroxylation is 1. The minimum atomic E-state index is 0.199. The molecule has 1 aromatic rings. The molecule has 0 saturated carbocycles. The maximum Gasteiger partial charge on any atom is 0.0372 e. The molecule has 0 atom stereocenters. The summed E-state index contributed by atoms with van der Waals surface area (Å²) in [5.74, 6) is 0. The average molecular weight is 261 g/mol. The molecule has 3 heteroatoms. The Morgan fingerprint density at radius 3 is 2.37 bits per heavy atom. The van der Waals surface area contributed by atoms with Gasteiger partial charge in [-0.3, -0.25) is 4.98 Å². The Bertz CT molecular complexity index is 404. The molecule has 1 saturated heterocycles. The smallest absolute Gasteiger partial charge is 0.0372 e. The molecule has 0 amide bonds. The number of rotatable bonds is 3. The topological polar surface area (TPSA) is 37.0 Å². The number of nitrogens with zero attached hydrogens (tertiary/aromatic N) is 1. The lowest BCUT2D eigenvalue weighted by Crippen LogP contribution is -2.61. The van der Waals surface area contributed by atoms with Crippen molar-refractivity contribution in [1.29, 1.82) is 0 Å². The Morgan fingerprint density at radius 2 is 1.84 bits per heavy atom. The van der Waals surface area contributed by atoms with E-state index in [1.165, 1.54) is 5.56 Å². The first-order valence-electron chi connectivity index (χ1n) is 7.20. The molecule has 19 heavy (non-hydrogen) atoms. The van der Waals surface area contributed by atoms with E-state index in [2.05, 4.69) is 55.4 Å². The lowest BCUT2D eigenvalue weighted by atomic mass is 9.79. The van der Waals surface area contributed by atoms with Gasteiger partial charge in [0.05, 0.1) is 0 Å². The van der Waals surface area contributed by atoms with Gasteiger partial charge in [0, 0.05) is 35.6 Å². The highest BCUT2D eigenvalue weighted by Crippen LogP contribution is 2.28. The molecule has 0 bridgehead atoms. The number of aromatic nitrogens is 1. The van der Waals surface area contributed by atoms with Crippen LogP contribution in [-0.4, -0.2) is 22.1 Å². The van der Waals surface area contributed by atoms with Crippen molar-refractivity contribution in [2.45, 2.75) is 71.1 Å². The second-order valence-electron chi connectivity index (χ2n) is 7.19. The molecule has 0 aromatic carbocycles. The van der Waals surface area contributed by atoms with Crippen molar-refractivity contribution in [2.24, 2.45) is 0 Å². The number of hydrogen-bond acceptors (Lipinski definition) is 3. The number of pyridine rings is 1. The second kappa shape index (κ2) is 5.22. The predicted molar refractivity (Wildman–Crippen MR) is 80.1 cm³/mol. The molecule has 1 aromatic heterocycles. The zero-order chi connectivity index (χ0) is 14.1. The molecule has 1 fully saturated rings. The van der Waals surface area contributed by atoms with E-state index < -0.39 is 0 Å². The normalized spacial score (nSPS) is 22.4. The first-order valence-corrected chi connectivity index (χ1v) is 7.20. The molecule has 0 radical (unpaired) electrons. The highest BCUT2D eigenvalue weighted by Gasteiger charge is 2.37. The van der Waals surface area contributed by atoms with Crippen molar-refractivity contribution in [3.8, 4) is 0 Å². The van der Waals surface area contributed by atoms with Crippen LogP contribution >= 0.6 is 0 Å². The van der Waals surface area contributed by atoms with Crippen LogP contribution in [0.5, 0.6) is 0 Å².